The van der Waals surface area contributed by atoms with E-state index in [2.05, 4.69) is 37.9 Å². The van der Waals surface area contributed by atoms with Crippen molar-refractivity contribution in [3.8, 4) is 0 Å². The first-order valence-corrected chi connectivity index (χ1v) is 8.57. The number of morpholine rings is 1. The first kappa shape index (κ1) is 16.3. The van der Waals surface area contributed by atoms with E-state index in [4.69, 9.17) is 4.74 Å². The van der Waals surface area contributed by atoms with Crippen LogP contribution >= 0.6 is 0 Å². The predicted octanol–water partition coefficient (Wildman–Crippen LogP) is 2.90. The Morgan fingerprint density at radius 3 is 2.85 bits per heavy atom. The fourth-order valence-electron chi connectivity index (χ4n) is 3.86. The monoisotopic (exact) mass is 282 g/mol. The number of ether oxygens (including phenoxy) is 1. The van der Waals surface area contributed by atoms with E-state index in [1.54, 1.807) is 0 Å². The van der Waals surface area contributed by atoms with Crippen LogP contribution in [0.15, 0.2) is 0 Å². The average molecular weight is 282 g/mol. The molecule has 0 aromatic rings. The van der Waals surface area contributed by atoms with Crippen molar-refractivity contribution in [1.29, 1.82) is 0 Å². The van der Waals surface area contributed by atoms with Crippen LogP contribution in [-0.4, -0.2) is 49.8 Å². The maximum Gasteiger partial charge on any atom is 0.0619 e. The van der Waals surface area contributed by atoms with E-state index in [9.17, 15) is 0 Å². The second kappa shape index (κ2) is 7.24. The molecule has 1 aliphatic carbocycles. The molecule has 20 heavy (non-hydrogen) atoms. The van der Waals surface area contributed by atoms with Crippen LogP contribution in [0, 0.1) is 11.3 Å². The lowest BCUT2D eigenvalue weighted by atomic mass is 9.69. The molecule has 3 nitrogen and oxygen atoms in total. The van der Waals surface area contributed by atoms with Gasteiger partial charge in [-0.3, -0.25) is 4.90 Å². The molecule has 1 saturated heterocycles. The van der Waals surface area contributed by atoms with Crippen LogP contribution in [-0.2, 0) is 4.74 Å². The molecule has 0 aromatic heterocycles. The number of hydrogen-bond donors (Lipinski definition) is 1. The molecule has 0 spiro atoms. The van der Waals surface area contributed by atoms with Crippen molar-refractivity contribution < 1.29 is 4.74 Å². The summed E-state index contributed by atoms with van der Waals surface area (Å²) in [5.74, 6) is 0.797. The lowest BCUT2D eigenvalue weighted by Crippen LogP contribution is -2.52. The van der Waals surface area contributed by atoms with Gasteiger partial charge in [-0.1, -0.05) is 20.8 Å². The standard InChI is InChI=1S/C17H34N2O/c1-5-8-18-16-6-7-17(3,4)11-15(16)12-19-9-10-20-13-14(19)2/h14-16,18H,5-13H2,1-4H3. The quantitative estimate of drug-likeness (QED) is 0.839. The molecule has 0 amide bonds. The fraction of sp³-hybridized carbons (Fsp3) is 1.00. The van der Waals surface area contributed by atoms with Crippen molar-refractivity contribution in [3.05, 3.63) is 0 Å². The molecule has 0 aromatic carbocycles. The molecule has 0 radical (unpaired) electrons. The third-order valence-electron chi connectivity index (χ3n) is 5.15. The number of rotatable bonds is 5. The Bertz CT molecular complexity index is 293. The van der Waals surface area contributed by atoms with Gasteiger partial charge in [0.2, 0.25) is 0 Å². The van der Waals surface area contributed by atoms with E-state index in [1.807, 2.05) is 0 Å². The van der Waals surface area contributed by atoms with Crippen LogP contribution in [0.2, 0.25) is 0 Å². The molecule has 0 bridgehead atoms. The van der Waals surface area contributed by atoms with Gasteiger partial charge in [-0.25, -0.2) is 0 Å². The van der Waals surface area contributed by atoms with Gasteiger partial charge in [0.25, 0.3) is 0 Å². The minimum Gasteiger partial charge on any atom is -0.379 e. The maximum absolute atomic E-state index is 5.58. The Morgan fingerprint density at radius 1 is 1.35 bits per heavy atom. The van der Waals surface area contributed by atoms with Crippen molar-refractivity contribution in [2.24, 2.45) is 11.3 Å². The predicted molar refractivity (Wildman–Crippen MR) is 85.1 cm³/mol. The summed E-state index contributed by atoms with van der Waals surface area (Å²) < 4.78 is 5.58. The summed E-state index contributed by atoms with van der Waals surface area (Å²) in [4.78, 5) is 2.65. The van der Waals surface area contributed by atoms with Crippen LogP contribution in [0.1, 0.15) is 53.4 Å². The molecule has 1 N–H and O–H groups in total. The van der Waals surface area contributed by atoms with E-state index < -0.39 is 0 Å². The van der Waals surface area contributed by atoms with Crippen LogP contribution in [0.5, 0.6) is 0 Å². The van der Waals surface area contributed by atoms with Crippen LogP contribution in [0.4, 0.5) is 0 Å². The molecule has 1 heterocycles. The van der Waals surface area contributed by atoms with Crippen LogP contribution in [0.25, 0.3) is 0 Å². The third-order valence-corrected chi connectivity index (χ3v) is 5.15. The molecule has 1 aliphatic heterocycles. The van der Waals surface area contributed by atoms with Gasteiger partial charge >= 0.3 is 0 Å². The molecular weight excluding hydrogens is 248 g/mol. The van der Waals surface area contributed by atoms with Crippen molar-refractivity contribution >= 4 is 0 Å². The molecule has 3 unspecified atom stereocenters. The SMILES string of the molecule is CCCNC1CCC(C)(C)CC1CN1CCOCC1C. The first-order valence-electron chi connectivity index (χ1n) is 8.57. The maximum atomic E-state index is 5.58. The largest absolute Gasteiger partial charge is 0.379 e. The lowest BCUT2D eigenvalue weighted by Gasteiger charge is -2.45. The van der Waals surface area contributed by atoms with Gasteiger partial charge in [-0.05, 0) is 50.5 Å². The highest BCUT2D eigenvalue weighted by Crippen LogP contribution is 2.39. The Labute approximate surface area is 125 Å². The second-order valence-corrected chi connectivity index (χ2v) is 7.65. The van der Waals surface area contributed by atoms with Gasteiger partial charge in [0.05, 0.1) is 13.2 Å². The van der Waals surface area contributed by atoms with Crippen molar-refractivity contribution in [1.82, 2.24) is 10.2 Å². The highest BCUT2D eigenvalue weighted by atomic mass is 16.5. The summed E-state index contributed by atoms with van der Waals surface area (Å²) in [7, 11) is 0. The average Bonchev–Trinajstić information content (AvgIpc) is 2.40. The van der Waals surface area contributed by atoms with Gasteiger partial charge in [-0.2, -0.15) is 0 Å². The fourth-order valence-corrected chi connectivity index (χ4v) is 3.86. The Balaban J connectivity index is 1.95. The zero-order valence-electron chi connectivity index (χ0n) is 14.0. The topological polar surface area (TPSA) is 24.5 Å². The zero-order chi connectivity index (χ0) is 14.6. The van der Waals surface area contributed by atoms with Gasteiger partial charge in [0.15, 0.2) is 0 Å². The lowest BCUT2D eigenvalue weighted by molar-refractivity contribution is -0.0182. The highest BCUT2D eigenvalue weighted by molar-refractivity contribution is 4.91. The van der Waals surface area contributed by atoms with Crippen LogP contribution < -0.4 is 5.32 Å². The van der Waals surface area contributed by atoms with Crippen molar-refractivity contribution in [2.75, 3.05) is 32.8 Å². The summed E-state index contributed by atoms with van der Waals surface area (Å²) >= 11 is 0. The normalized spacial score (nSPS) is 35.1. The molecular formula is C17H34N2O. The van der Waals surface area contributed by atoms with E-state index in [0.717, 1.165) is 31.7 Å². The zero-order valence-corrected chi connectivity index (χ0v) is 14.0. The smallest absolute Gasteiger partial charge is 0.0619 e. The van der Waals surface area contributed by atoms with Crippen LogP contribution in [0.3, 0.4) is 0 Å². The van der Waals surface area contributed by atoms with Gasteiger partial charge in [0, 0.05) is 25.2 Å². The molecule has 2 fully saturated rings. The summed E-state index contributed by atoms with van der Waals surface area (Å²) in [6, 6.07) is 1.30. The summed E-state index contributed by atoms with van der Waals surface area (Å²) in [5, 5.41) is 3.81. The molecule has 2 rings (SSSR count). The number of hydrogen-bond acceptors (Lipinski definition) is 3. The summed E-state index contributed by atoms with van der Waals surface area (Å²) in [6.45, 7) is 14.8. The minimum atomic E-state index is 0.518. The van der Waals surface area contributed by atoms with Gasteiger partial charge < -0.3 is 10.1 Å². The molecule has 3 heteroatoms. The Hall–Kier alpha value is -0.120. The van der Waals surface area contributed by atoms with Gasteiger partial charge in [-0.15, -0.1) is 0 Å². The van der Waals surface area contributed by atoms with Gasteiger partial charge in [0.1, 0.15) is 0 Å². The van der Waals surface area contributed by atoms with Crippen molar-refractivity contribution in [3.63, 3.8) is 0 Å². The molecule has 2 aliphatic rings. The molecule has 1 saturated carbocycles. The minimum absolute atomic E-state index is 0.518. The molecule has 118 valence electrons. The first-order chi connectivity index (χ1) is 9.52. The van der Waals surface area contributed by atoms with E-state index in [-0.39, 0.29) is 0 Å². The summed E-state index contributed by atoms with van der Waals surface area (Å²) in [5.41, 5.74) is 0.518. The number of nitrogens with zero attached hydrogens (tertiary/aromatic N) is 1. The Morgan fingerprint density at radius 2 is 2.15 bits per heavy atom. The second-order valence-electron chi connectivity index (χ2n) is 7.65. The van der Waals surface area contributed by atoms with E-state index in [0.29, 0.717) is 11.5 Å². The highest BCUT2D eigenvalue weighted by Gasteiger charge is 2.36. The summed E-state index contributed by atoms with van der Waals surface area (Å²) in [6.07, 6.45) is 5.30. The molecule has 3 atom stereocenters. The van der Waals surface area contributed by atoms with E-state index >= 15 is 0 Å². The third kappa shape index (κ3) is 4.44. The van der Waals surface area contributed by atoms with Crippen molar-refractivity contribution in [2.45, 2.75) is 65.5 Å². The number of nitrogens with one attached hydrogen (secondary N) is 1. The Kier molecular flexibility index (Phi) is 5.88. The van der Waals surface area contributed by atoms with E-state index in [1.165, 1.54) is 38.8 Å².